The third-order valence-electron chi connectivity index (χ3n) is 2.25. The minimum Gasteiger partial charge on any atom is -0.461 e. The minimum absolute atomic E-state index is 0.265. The first kappa shape index (κ1) is 13.3. The third-order valence-corrected chi connectivity index (χ3v) is 4.58. The van der Waals surface area contributed by atoms with Crippen LogP contribution in [0.2, 0.25) is 0 Å². The monoisotopic (exact) mass is 284 g/mol. The number of rotatable bonds is 0. The van der Waals surface area contributed by atoms with Crippen LogP contribution >= 0.6 is 21.6 Å². The Balaban J connectivity index is 2.23. The molecule has 0 N–H and O–H groups in total. The van der Waals surface area contributed by atoms with Gasteiger partial charge in [-0.05, 0) is 12.1 Å². The van der Waals surface area contributed by atoms with E-state index in [1.165, 1.54) is 0 Å². The van der Waals surface area contributed by atoms with E-state index in [2.05, 4.69) is 0 Å². The zero-order valence-electron chi connectivity index (χ0n) is 9.59. The van der Waals surface area contributed by atoms with Crippen molar-refractivity contribution in [2.45, 2.75) is 0 Å². The molecule has 0 aliphatic carbocycles. The van der Waals surface area contributed by atoms with E-state index < -0.39 is 11.9 Å². The zero-order chi connectivity index (χ0) is 12.8. The predicted molar refractivity (Wildman–Crippen MR) is 71.9 cm³/mol. The molecule has 0 fully saturated rings. The number of carbonyl (C=O) groups is 2. The van der Waals surface area contributed by atoms with Crippen LogP contribution in [0.1, 0.15) is 20.7 Å². The summed E-state index contributed by atoms with van der Waals surface area (Å²) in [4.78, 5) is 23.6. The van der Waals surface area contributed by atoms with Crippen LogP contribution in [0.3, 0.4) is 0 Å². The van der Waals surface area contributed by atoms with E-state index in [0.717, 1.165) is 11.5 Å². The smallest absolute Gasteiger partial charge is 0.339 e. The summed E-state index contributed by atoms with van der Waals surface area (Å²) in [6, 6.07) is 6.55. The molecule has 0 saturated heterocycles. The van der Waals surface area contributed by atoms with Gasteiger partial charge in [0.05, 0.1) is 11.1 Å². The van der Waals surface area contributed by atoms with Crippen LogP contribution in [0.15, 0.2) is 24.3 Å². The number of esters is 2. The number of carbonyl (C=O) groups excluding carboxylic acids is 2. The Labute approximate surface area is 113 Å². The first-order valence-electron chi connectivity index (χ1n) is 5.47. The third kappa shape index (κ3) is 3.43. The van der Waals surface area contributed by atoms with Gasteiger partial charge < -0.3 is 9.47 Å². The second-order valence-corrected chi connectivity index (χ2v) is 6.16. The van der Waals surface area contributed by atoms with Gasteiger partial charge in [-0.15, -0.1) is 0 Å². The fourth-order valence-electron chi connectivity index (χ4n) is 1.45. The maximum absolute atomic E-state index is 11.8. The van der Waals surface area contributed by atoms with Gasteiger partial charge in [0, 0.05) is 11.5 Å². The van der Waals surface area contributed by atoms with Gasteiger partial charge in [0.15, 0.2) is 0 Å². The number of cyclic esters (lactones) is 2. The summed E-state index contributed by atoms with van der Waals surface area (Å²) >= 11 is 0. The molecule has 0 aromatic heterocycles. The van der Waals surface area contributed by atoms with Crippen LogP contribution in [-0.4, -0.2) is 36.7 Å². The van der Waals surface area contributed by atoms with Crippen molar-refractivity contribution in [3.63, 3.8) is 0 Å². The summed E-state index contributed by atoms with van der Waals surface area (Å²) in [5.41, 5.74) is 0.529. The fourth-order valence-corrected chi connectivity index (χ4v) is 3.10. The predicted octanol–water partition coefficient (Wildman–Crippen LogP) is 2.40. The summed E-state index contributed by atoms with van der Waals surface area (Å²) in [6.45, 7) is 0.694. The molecule has 1 aromatic carbocycles. The van der Waals surface area contributed by atoms with Crippen molar-refractivity contribution >= 4 is 33.5 Å². The Morgan fingerprint density at radius 1 is 0.833 bits per heavy atom. The first-order valence-corrected chi connectivity index (χ1v) is 7.95. The molecule has 0 atom stereocenters. The highest BCUT2D eigenvalue weighted by molar-refractivity contribution is 8.76. The zero-order valence-corrected chi connectivity index (χ0v) is 11.2. The molecule has 1 aromatic rings. The van der Waals surface area contributed by atoms with Gasteiger partial charge in [0.2, 0.25) is 0 Å². The van der Waals surface area contributed by atoms with Crippen molar-refractivity contribution in [3.8, 4) is 0 Å². The summed E-state index contributed by atoms with van der Waals surface area (Å²) in [6.07, 6.45) is 0. The van der Waals surface area contributed by atoms with Gasteiger partial charge in [0.25, 0.3) is 0 Å². The summed E-state index contributed by atoms with van der Waals surface area (Å²) < 4.78 is 10.2. The van der Waals surface area contributed by atoms with Gasteiger partial charge in [-0.3, -0.25) is 0 Å². The SMILES string of the molecule is O=C1OCCSSCCOC(=O)c2ccccc21. The standard InChI is InChI=1S/C12H12O4S2/c13-11-9-3-1-2-4-10(9)12(14)16-6-8-18-17-7-5-15-11/h1-4H,5-8H2. The van der Waals surface area contributed by atoms with Gasteiger partial charge in [-0.1, -0.05) is 33.7 Å². The Bertz CT molecular complexity index is 406. The van der Waals surface area contributed by atoms with Crippen molar-refractivity contribution < 1.29 is 19.1 Å². The molecule has 6 heteroatoms. The Morgan fingerprint density at radius 3 is 1.72 bits per heavy atom. The fraction of sp³-hybridized carbons (Fsp3) is 0.333. The van der Waals surface area contributed by atoms with Gasteiger partial charge in [-0.25, -0.2) is 9.59 Å². The van der Waals surface area contributed by atoms with Gasteiger partial charge in [0.1, 0.15) is 13.2 Å². The van der Waals surface area contributed by atoms with E-state index in [-0.39, 0.29) is 11.1 Å². The molecule has 2 rings (SSSR count). The molecule has 0 saturated carbocycles. The van der Waals surface area contributed by atoms with E-state index in [0.29, 0.717) is 13.2 Å². The van der Waals surface area contributed by atoms with Crippen molar-refractivity contribution in [1.29, 1.82) is 0 Å². The maximum Gasteiger partial charge on any atom is 0.339 e. The average molecular weight is 284 g/mol. The lowest BCUT2D eigenvalue weighted by molar-refractivity contribution is 0.0482. The molecule has 0 bridgehead atoms. The molecule has 96 valence electrons. The highest BCUT2D eigenvalue weighted by Gasteiger charge is 2.19. The molecule has 1 aliphatic rings. The topological polar surface area (TPSA) is 52.6 Å². The number of hydrogen-bond acceptors (Lipinski definition) is 6. The van der Waals surface area contributed by atoms with Crippen LogP contribution in [0.25, 0.3) is 0 Å². The van der Waals surface area contributed by atoms with E-state index in [4.69, 9.17) is 9.47 Å². The Morgan fingerprint density at radius 2 is 1.28 bits per heavy atom. The van der Waals surface area contributed by atoms with Crippen molar-refractivity contribution in [2.75, 3.05) is 24.7 Å². The summed E-state index contributed by atoms with van der Waals surface area (Å²) in [7, 11) is 3.20. The lowest BCUT2D eigenvalue weighted by Crippen LogP contribution is -2.16. The molecule has 4 nitrogen and oxygen atoms in total. The quantitative estimate of drug-likeness (QED) is 0.538. The van der Waals surface area contributed by atoms with Gasteiger partial charge in [-0.2, -0.15) is 0 Å². The second kappa shape index (κ2) is 6.70. The molecule has 0 spiro atoms. The van der Waals surface area contributed by atoms with Crippen molar-refractivity contribution in [3.05, 3.63) is 35.4 Å². The minimum atomic E-state index is -0.478. The first-order chi connectivity index (χ1) is 8.79. The molecule has 0 radical (unpaired) electrons. The second-order valence-electron chi connectivity index (χ2n) is 3.46. The van der Waals surface area contributed by atoms with Gasteiger partial charge >= 0.3 is 11.9 Å². The van der Waals surface area contributed by atoms with Crippen molar-refractivity contribution in [1.82, 2.24) is 0 Å². The van der Waals surface area contributed by atoms with E-state index >= 15 is 0 Å². The molecule has 0 unspecified atom stereocenters. The van der Waals surface area contributed by atoms with E-state index in [1.54, 1.807) is 45.9 Å². The molecular weight excluding hydrogens is 272 g/mol. The molecule has 0 amide bonds. The molecule has 1 heterocycles. The largest absolute Gasteiger partial charge is 0.461 e. The van der Waals surface area contributed by atoms with Crippen LogP contribution in [0, 0.1) is 0 Å². The molecule has 1 aliphatic heterocycles. The lowest BCUT2D eigenvalue weighted by atomic mass is 10.1. The number of hydrogen-bond donors (Lipinski definition) is 0. The average Bonchev–Trinajstić information content (AvgIpc) is 2.40. The summed E-state index contributed by atoms with van der Waals surface area (Å²) in [5.74, 6) is 0.501. The normalized spacial score (nSPS) is 17.8. The number of fused-ring (bicyclic) bond motifs is 1. The number of ether oxygens (including phenoxy) is 2. The Hall–Kier alpha value is -1.14. The lowest BCUT2D eigenvalue weighted by Gasteiger charge is -2.11. The summed E-state index contributed by atoms with van der Waals surface area (Å²) in [5, 5.41) is 0. The number of benzene rings is 1. The van der Waals surface area contributed by atoms with Crippen molar-refractivity contribution in [2.24, 2.45) is 0 Å². The maximum atomic E-state index is 11.8. The molecular formula is C12H12O4S2. The van der Waals surface area contributed by atoms with Crippen LogP contribution in [0.4, 0.5) is 0 Å². The van der Waals surface area contributed by atoms with Crippen LogP contribution in [-0.2, 0) is 9.47 Å². The van der Waals surface area contributed by atoms with Crippen LogP contribution in [0.5, 0.6) is 0 Å². The highest BCUT2D eigenvalue weighted by atomic mass is 33.1. The Kier molecular flexibility index (Phi) is 4.95. The highest BCUT2D eigenvalue weighted by Crippen LogP contribution is 2.21. The van der Waals surface area contributed by atoms with E-state index in [9.17, 15) is 9.59 Å². The van der Waals surface area contributed by atoms with E-state index in [1.807, 2.05) is 0 Å². The van der Waals surface area contributed by atoms with Crippen LogP contribution < -0.4 is 0 Å². The molecule has 18 heavy (non-hydrogen) atoms.